The standard InChI is InChI=1S/C13H21N3O/c1-15-7-5-10(6-8-15)13-14-9-11-3-2-4-12(17)16(11)13/h9-10,12,17H,2-8H2,1H3. The van der Waals surface area contributed by atoms with E-state index in [-0.39, 0.29) is 6.23 Å². The Morgan fingerprint density at radius 2 is 2.06 bits per heavy atom. The normalized spacial score (nSPS) is 27.1. The number of aliphatic hydroxyl groups is 1. The molecular formula is C13H21N3O. The Balaban J connectivity index is 1.86. The molecule has 0 aliphatic carbocycles. The van der Waals surface area contributed by atoms with Crippen molar-refractivity contribution in [1.29, 1.82) is 0 Å². The number of rotatable bonds is 1. The summed E-state index contributed by atoms with van der Waals surface area (Å²) in [4.78, 5) is 6.95. The van der Waals surface area contributed by atoms with E-state index < -0.39 is 0 Å². The molecule has 1 unspecified atom stereocenters. The monoisotopic (exact) mass is 235 g/mol. The van der Waals surface area contributed by atoms with Crippen LogP contribution in [0.15, 0.2) is 6.20 Å². The number of aromatic nitrogens is 2. The molecule has 17 heavy (non-hydrogen) atoms. The van der Waals surface area contributed by atoms with Gasteiger partial charge in [-0.05, 0) is 52.2 Å². The second kappa shape index (κ2) is 4.42. The van der Waals surface area contributed by atoms with Crippen molar-refractivity contribution in [3.8, 4) is 0 Å². The van der Waals surface area contributed by atoms with E-state index in [4.69, 9.17) is 0 Å². The minimum Gasteiger partial charge on any atom is -0.373 e. The lowest BCUT2D eigenvalue weighted by molar-refractivity contribution is 0.0729. The van der Waals surface area contributed by atoms with Crippen LogP contribution in [-0.4, -0.2) is 39.7 Å². The first-order chi connectivity index (χ1) is 8.25. The summed E-state index contributed by atoms with van der Waals surface area (Å²) < 4.78 is 2.10. The molecule has 3 rings (SSSR count). The fourth-order valence-corrected chi connectivity index (χ4v) is 3.11. The van der Waals surface area contributed by atoms with Crippen LogP contribution in [0, 0.1) is 0 Å². The number of hydrogen-bond acceptors (Lipinski definition) is 3. The van der Waals surface area contributed by atoms with Crippen molar-refractivity contribution in [3.05, 3.63) is 17.7 Å². The summed E-state index contributed by atoms with van der Waals surface area (Å²) in [5, 5.41) is 10.1. The number of fused-ring (bicyclic) bond motifs is 1. The van der Waals surface area contributed by atoms with Gasteiger partial charge in [0.2, 0.25) is 0 Å². The van der Waals surface area contributed by atoms with Crippen LogP contribution in [0.2, 0.25) is 0 Å². The third-order valence-electron chi connectivity index (χ3n) is 4.18. The van der Waals surface area contributed by atoms with E-state index in [1.165, 1.54) is 18.5 Å². The molecule has 0 saturated carbocycles. The highest BCUT2D eigenvalue weighted by Gasteiger charge is 2.27. The summed E-state index contributed by atoms with van der Waals surface area (Å²) >= 11 is 0. The highest BCUT2D eigenvalue weighted by atomic mass is 16.3. The summed E-state index contributed by atoms with van der Waals surface area (Å²) in [5.74, 6) is 1.66. The molecule has 0 bridgehead atoms. The van der Waals surface area contributed by atoms with Gasteiger partial charge < -0.3 is 14.6 Å². The van der Waals surface area contributed by atoms with Gasteiger partial charge in [0.15, 0.2) is 0 Å². The summed E-state index contributed by atoms with van der Waals surface area (Å²) in [7, 11) is 2.17. The van der Waals surface area contributed by atoms with E-state index in [0.717, 1.165) is 38.2 Å². The molecule has 0 radical (unpaired) electrons. The minimum absolute atomic E-state index is 0.337. The van der Waals surface area contributed by atoms with Gasteiger partial charge in [0.25, 0.3) is 0 Å². The molecule has 0 spiro atoms. The van der Waals surface area contributed by atoms with E-state index in [0.29, 0.717) is 5.92 Å². The largest absolute Gasteiger partial charge is 0.373 e. The van der Waals surface area contributed by atoms with Crippen LogP contribution in [-0.2, 0) is 6.42 Å². The number of aryl methyl sites for hydroxylation is 1. The molecule has 0 amide bonds. The predicted molar refractivity (Wildman–Crippen MR) is 65.9 cm³/mol. The quantitative estimate of drug-likeness (QED) is 0.802. The number of aliphatic hydroxyl groups excluding tert-OH is 1. The highest BCUT2D eigenvalue weighted by molar-refractivity contribution is 5.13. The zero-order valence-electron chi connectivity index (χ0n) is 10.5. The van der Waals surface area contributed by atoms with Crippen molar-refractivity contribution in [2.75, 3.05) is 20.1 Å². The summed E-state index contributed by atoms with van der Waals surface area (Å²) in [6.45, 7) is 2.28. The molecule has 3 heterocycles. The molecule has 1 aromatic heterocycles. The van der Waals surface area contributed by atoms with E-state index in [1.54, 1.807) is 0 Å². The summed E-state index contributed by atoms with van der Waals surface area (Å²) in [6.07, 6.45) is 6.99. The Bertz CT molecular complexity index is 393. The first kappa shape index (κ1) is 11.2. The smallest absolute Gasteiger partial charge is 0.132 e. The van der Waals surface area contributed by atoms with Gasteiger partial charge in [-0.2, -0.15) is 0 Å². The zero-order chi connectivity index (χ0) is 11.8. The average molecular weight is 235 g/mol. The van der Waals surface area contributed by atoms with Gasteiger partial charge in [-0.25, -0.2) is 4.98 Å². The predicted octanol–water partition coefficient (Wildman–Crippen LogP) is 1.52. The second-order valence-electron chi connectivity index (χ2n) is 5.43. The van der Waals surface area contributed by atoms with Crippen molar-refractivity contribution < 1.29 is 5.11 Å². The topological polar surface area (TPSA) is 41.3 Å². The van der Waals surface area contributed by atoms with Crippen LogP contribution in [0.1, 0.15) is 49.3 Å². The lowest BCUT2D eigenvalue weighted by Gasteiger charge is -2.31. The fourth-order valence-electron chi connectivity index (χ4n) is 3.11. The lowest BCUT2D eigenvalue weighted by atomic mass is 9.95. The molecule has 1 saturated heterocycles. The van der Waals surface area contributed by atoms with Gasteiger partial charge in [0.05, 0.1) is 0 Å². The molecule has 2 aliphatic rings. The van der Waals surface area contributed by atoms with E-state index >= 15 is 0 Å². The SMILES string of the molecule is CN1CCC(c2ncc3n2C(O)CCC3)CC1. The molecule has 1 fully saturated rings. The first-order valence-corrected chi connectivity index (χ1v) is 6.68. The molecule has 4 heteroatoms. The Labute approximate surface area is 102 Å². The third-order valence-corrected chi connectivity index (χ3v) is 4.18. The molecule has 4 nitrogen and oxygen atoms in total. The summed E-state index contributed by atoms with van der Waals surface area (Å²) in [6, 6.07) is 0. The number of piperidine rings is 1. The molecule has 94 valence electrons. The highest BCUT2D eigenvalue weighted by Crippen LogP contribution is 2.32. The van der Waals surface area contributed by atoms with Crippen LogP contribution in [0.4, 0.5) is 0 Å². The fraction of sp³-hybridized carbons (Fsp3) is 0.769. The van der Waals surface area contributed by atoms with Crippen LogP contribution < -0.4 is 0 Å². The van der Waals surface area contributed by atoms with Crippen molar-refractivity contribution in [1.82, 2.24) is 14.5 Å². The van der Waals surface area contributed by atoms with Gasteiger partial charge >= 0.3 is 0 Å². The van der Waals surface area contributed by atoms with E-state index in [9.17, 15) is 5.11 Å². The Morgan fingerprint density at radius 1 is 1.29 bits per heavy atom. The number of hydrogen-bond donors (Lipinski definition) is 1. The van der Waals surface area contributed by atoms with Gasteiger partial charge in [0, 0.05) is 17.8 Å². The van der Waals surface area contributed by atoms with Gasteiger partial charge in [-0.15, -0.1) is 0 Å². The number of imidazole rings is 1. The van der Waals surface area contributed by atoms with Gasteiger partial charge in [0.1, 0.15) is 12.1 Å². The Morgan fingerprint density at radius 3 is 2.82 bits per heavy atom. The Kier molecular flexibility index (Phi) is 2.92. The van der Waals surface area contributed by atoms with Gasteiger partial charge in [-0.1, -0.05) is 0 Å². The molecule has 1 N–H and O–H groups in total. The van der Waals surface area contributed by atoms with Crippen molar-refractivity contribution >= 4 is 0 Å². The molecule has 2 aliphatic heterocycles. The van der Waals surface area contributed by atoms with Crippen molar-refractivity contribution in [3.63, 3.8) is 0 Å². The van der Waals surface area contributed by atoms with Crippen LogP contribution in [0.3, 0.4) is 0 Å². The maximum absolute atomic E-state index is 10.1. The van der Waals surface area contributed by atoms with Gasteiger partial charge in [-0.3, -0.25) is 0 Å². The Hall–Kier alpha value is -0.870. The minimum atomic E-state index is -0.337. The number of likely N-dealkylation sites (tertiary alicyclic amines) is 1. The average Bonchev–Trinajstić information content (AvgIpc) is 2.75. The first-order valence-electron chi connectivity index (χ1n) is 6.68. The van der Waals surface area contributed by atoms with E-state index in [2.05, 4.69) is 21.5 Å². The second-order valence-corrected chi connectivity index (χ2v) is 5.43. The summed E-state index contributed by atoms with van der Waals surface area (Å²) in [5.41, 5.74) is 1.22. The van der Waals surface area contributed by atoms with Crippen molar-refractivity contribution in [2.45, 2.75) is 44.2 Å². The van der Waals surface area contributed by atoms with Crippen LogP contribution >= 0.6 is 0 Å². The zero-order valence-corrected chi connectivity index (χ0v) is 10.5. The molecule has 1 atom stereocenters. The molecule has 1 aromatic rings. The number of nitrogens with zero attached hydrogens (tertiary/aromatic N) is 3. The lowest BCUT2D eigenvalue weighted by Crippen LogP contribution is -2.31. The maximum Gasteiger partial charge on any atom is 0.132 e. The maximum atomic E-state index is 10.1. The molecular weight excluding hydrogens is 214 g/mol. The van der Waals surface area contributed by atoms with E-state index in [1.807, 2.05) is 6.20 Å². The third kappa shape index (κ3) is 2.00. The van der Waals surface area contributed by atoms with Crippen LogP contribution in [0.25, 0.3) is 0 Å². The van der Waals surface area contributed by atoms with Crippen molar-refractivity contribution in [2.24, 2.45) is 0 Å². The molecule has 0 aromatic carbocycles. The van der Waals surface area contributed by atoms with Crippen LogP contribution in [0.5, 0.6) is 0 Å².